The van der Waals surface area contributed by atoms with Crippen LogP contribution in [0.2, 0.25) is 0 Å². The summed E-state index contributed by atoms with van der Waals surface area (Å²) in [6.07, 6.45) is 2.50. The van der Waals surface area contributed by atoms with Gasteiger partial charge in [0.25, 0.3) is 0 Å². The maximum absolute atomic E-state index is 8.80. The quantitative estimate of drug-likeness (QED) is 0.426. The van der Waals surface area contributed by atoms with Gasteiger partial charge >= 0.3 is 0 Å². The zero-order valence-electron chi connectivity index (χ0n) is 14.7. The van der Waals surface area contributed by atoms with Gasteiger partial charge in [0.1, 0.15) is 11.7 Å². The van der Waals surface area contributed by atoms with Crippen LogP contribution in [0.5, 0.6) is 0 Å². The topological polar surface area (TPSA) is 102 Å². The smallest absolute Gasteiger partial charge is 0.154 e. The molecule has 0 amide bonds. The Morgan fingerprint density at radius 2 is 1.81 bits per heavy atom. The van der Waals surface area contributed by atoms with Gasteiger partial charge in [-0.3, -0.25) is 15.7 Å². The number of pyridine rings is 1. The zero-order valence-corrected chi connectivity index (χ0v) is 14.7. The second-order valence-corrected chi connectivity index (χ2v) is 6.31. The number of hydrogen-bond donors (Lipinski definition) is 4. The van der Waals surface area contributed by atoms with Gasteiger partial charge in [-0.2, -0.15) is 0 Å². The van der Waals surface area contributed by atoms with Crippen LogP contribution in [-0.4, -0.2) is 23.2 Å². The predicted molar refractivity (Wildman–Crippen MR) is 109 cm³/mol. The normalized spacial score (nSPS) is 12.6. The van der Waals surface area contributed by atoms with Crippen LogP contribution < -0.4 is 16.0 Å². The number of amidine groups is 2. The first-order valence-electron chi connectivity index (χ1n) is 8.77. The zero-order chi connectivity index (χ0) is 18.8. The molecule has 2 aromatic carbocycles. The van der Waals surface area contributed by atoms with Gasteiger partial charge in [0.2, 0.25) is 0 Å². The number of nitrogens with two attached hydrogens (primary N) is 1. The summed E-state index contributed by atoms with van der Waals surface area (Å²) in [4.78, 5) is 6.04. The first-order chi connectivity index (χ1) is 13.2. The van der Waals surface area contributed by atoms with E-state index in [9.17, 15) is 0 Å². The molecule has 0 unspecified atom stereocenters. The van der Waals surface area contributed by atoms with E-state index in [4.69, 9.17) is 16.6 Å². The summed E-state index contributed by atoms with van der Waals surface area (Å²) >= 11 is 0. The van der Waals surface area contributed by atoms with E-state index in [0.717, 1.165) is 28.8 Å². The van der Waals surface area contributed by atoms with E-state index in [1.54, 1.807) is 11.1 Å². The Morgan fingerprint density at radius 1 is 1.04 bits per heavy atom. The van der Waals surface area contributed by atoms with Crippen molar-refractivity contribution in [3.63, 3.8) is 0 Å². The number of aromatic nitrogens is 1. The van der Waals surface area contributed by atoms with Gasteiger partial charge in [-0.05, 0) is 42.8 Å². The molecule has 6 heteroatoms. The highest BCUT2D eigenvalue weighted by Gasteiger charge is 2.28. The van der Waals surface area contributed by atoms with Gasteiger partial charge in [-0.1, -0.05) is 36.4 Å². The van der Waals surface area contributed by atoms with E-state index in [0.29, 0.717) is 18.1 Å². The second kappa shape index (κ2) is 7.01. The van der Waals surface area contributed by atoms with Crippen LogP contribution in [0, 0.1) is 10.8 Å². The maximum atomic E-state index is 8.80. The van der Waals surface area contributed by atoms with Crippen LogP contribution >= 0.6 is 0 Å². The summed E-state index contributed by atoms with van der Waals surface area (Å²) in [5, 5.41) is 20.9. The third kappa shape index (κ3) is 3.07. The fourth-order valence-electron chi connectivity index (χ4n) is 3.20. The molecular formula is C21H20N6. The Kier molecular flexibility index (Phi) is 4.40. The summed E-state index contributed by atoms with van der Waals surface area (Å²) < 4.78 is 0. The van der Waals surface area contributed by atoms with Crippen molar-refractivity contribution >= 4 is 28.9 Å². The van der Waals surface area contributed by atoms with E-state index >= 15 is 0 Å². The molecule has 1 aliphatic heterocycles. The molecule has 5 N–H and O–H groups in total. The third-order valence-corrected chi connectivity index (χ3v) is 4.57. The van der Waals surface area contributed by atoms with Crippen molar-refractivity contribution in [2.45, 2.75) is 6.42 Å². The molecule has 1 aromatic heterocycles. The molecule has 134 valence electrons. The summed E-state index contributed by atoms with van der Waals surface area (Å²) in [6, 6.07) is 19.0. The number of anilines is 3. The van der Waals surface area contributed by atoms with Crippen molar-refractivity contribution < 1.29 is 0 Å². The summed E-state index contributed by atoms with van der Waals surface area (Å²) in [7, 11) is 0. The van der Waals surface area contributed by atoms with E-state index in [-0.39, 0.29) is 11.7 Å². The average Bonchev–Trinajstić information content (AvgIpc) is 2.82. The van der Waals surface area contributed by atoms with E-state index < -0.39 is 0 Å². The van der Waals surface area contributed by atoms with Crippen LogP contribution in [0.3, 0.4) is 0 Å². The van der Waals surface area contributed by atoms with Crippen LogP contribution in [0.4, 0.5) is 17.2 Å². The molecule has 0 aliphatic carbocycles. The van der Waals surface area contributed by atoms with Gasteiger partial charge in [0.15, 0.2) is 5.82 Å². The molecule has 3 aromatic rings. The monoisotopic (exact) mass is 356 g/mol. The number of fused-ring (bicyclic) bond motifs is 2. The van der Waals surface area contributed by atoms with Crippen molar-refractivity contribution in [2.24, 2.45) is 5.73 Å². The third-order valence-electron chi connectivity index (χ3n) is 4.57. The summed E-state index contributed by atoms with van der Waals surface area (Å²) in [5.74, 6) is 1.09. The highest BCUT2D eigenvalue weighted by molar-refractivity contribution is 6.30. The highest BCUT2D eigenvalue weighted by atomic mass is 15.2. The standard InChI is InChI=1S/C21H20N6/c22-12-11-14-7-9-15(10-8-14)19(23)27-18-6-3-13-25-21(18)26-17-5-2-1-4-16(17)20(27)24/h1-10,13,23-24H,11-12,22H2,(H,25,26). The fraction of sp³-hybridized carbons (Fsp3) is 0.0952. The minimum absolute atomic E-state index is 0.229. The maximum Gasteiger partial charge on any atom is 0.154 e. The molecule has 0 spiro atoms. The Hall–Kier alpha value is -3.51. The number of nitrogens with one attached hydrogen (secondary N) is 3. The molecule has 0 fully saturated rings. The summed E-state index contributed by atoms with van der Waals surface area (Å²) in [6.45, 7) is 0.592. The molecule has 1 aliphatic rings. The molecule has 2 heterocycles. The number of hydrogen-bond acceptors (Lipinski definition) is 5. The van der Waals surface area contributed by atoms with Gasteiger partial charge in [0, 0.05) is 17.3 Å². The van der Waals surface area contributed by atoms with Crippen molar-refractivity contribution in [1.82, 2.24) is 4.98 Å². The Bertz CT molecular complexity index is 1010. The van der Waals surface area contributed by atoms with Gasteiger partial charge in [0.05, 0.1) is 11.4 Å². The molecule has 27 heavy (non-hydrogen) atoms. The number of nitrogens with zero attached hydrogens (tertiary/aromatic N) is 2. The number of rotatable bonds is 3. The largest absolute Gasteiger partial charge is 0.338 e. The first kappa shape index (κ1) is 16.9. The van der Waals surface area contributed by atoms with Crippen LogP contribution in [0.15, 0.2) is 66.9 Å². The Morgan fingerprint density at radius 3 is 2.59 bits per heavy atom. The van der Waals surface area contributed by atoms with E-state index in [1.807, 2.05) is 60.7 Å². The Labute approximate surface area is 157 Å². The lowest BCUT2D eigenvalue weighted by Crippen LogP contribution is -2.36. The molecule has 0 bridgehead atoms. The lowest BCUT2D eigenvalue weighted by atomic mass is 10.1. The number of benzene rings is 2. The number of para-hydroxylation sites is 1. The van der Waals surface area contributed by atoms with Crippen molar-refractivity contribution in [3.8, 4) is 0 Å². The minimum Gasteiger partial charge on any atom is -0.338 e. The molecule has 0 saturated heterocycles. The molecule has 0 radical (unpaired) electrons. The van der Waals surface area contributed by atoms with Crippen molar-refractivity contribution in [2.75, 3.05) is 16.8 Å². The molecular weight excluding hydrogens is 336 g/mol. The first-order valence-corrected chi connectivity index (χ1v) is 8.77. The minimum atomic E-state index is 0.229. The SMILES string of the molecule is N=C(c1ccc(CCN)cc1)N1C(=N)c2ccccc2Nc2ncccc21. The predicted octanol–water partition coefficient (Wildman–Crippen LogP) is 3.50. The van der Waals surface area contributed by atoms with Gasteiger partial charge in [-0.15, -0.1) is 0 Å². The van der Waals surface area contributed by atoms with Crippen LogP contribution in [-0.2, 0) is 6.42 Å². The van der Waals surface area contributed by atoms with E-state index in [1.165, 1.54) is 0 Å². The molecule has 0 atom stereocenters. The molecule has 0 saturated carbocycles. The molecule has 4 rings (SSSR count). The van der Waals surface area contributed by atoms with Crippen molar-refractivity contribution in [3.05, 3.63) is 83.6 Å². The lowest BCUT2D eigenvalue weighted by Gasteiger charge is -2.25. The van der Waals surface area contributed by atoms with Crippen LogP contribution in [0.25, 0.3) is 0 Å². The van der Waals surface area contributed by atoms with Gasteiger partial charge in [-0.25, -0.2) is 4.98 Å². The molecule has 6 nitrogen and oxygen atoms in total. The van der Waals surface area contributed by atoms with Crippen molar-refractivity contribution in [1.29, 1.82) is 10.8 Å². The second-order valence-electron chi connectivity index (χ2n) is 6.31. The van der Waals surface area contributed by atoms with Gasteiger partial charge < -0.3 is 11.1 Å². The highest BCUT2D eigenvalue weighted by Crippen LogP contribution is 2.34. The summed E-state index contributed by atoms with van der Waals surface area (Å²) in [5.41, 5.74) is 9.68. The average molecular weight is 356 g/mol. The van der Waals surface area contributed by atoms with Crippen LogP contribution in [0.1, 0.15) is 16.7 Å². The lowest BCUT2D eigenvalue weighted by molar-refractivity contribution is 0.968. The van der Waals surface area contributed by atoms with E-state index in [2.05, 4.69) is 10.3 Å². The Balaban J connectivity index is 1.80. The fourth-order valence-corrected chi connectivity index (χ4v) is 3.20.